The number of anilines is 2. The van der Waals surface area contributed by atoms with Crippen molar-refractivity contribution in [1.29, 1.82) is 0 Å². The number of rotatable bonds is 8. The molecule has 0 fully saturated rings. The van der Waals surface area contributed by atoms with E-state index in [2.05, 4.69) is 45.0 Å². The smallest absolute Gasteiger partial charge is 0.228 e. The molecular formula is C19H24BrN3O. The van der Waals surface area contributed by atoms with E-state index < -0.39 is 0 Å². The van der Waals surface area contributed by atoms with E-state index in [1.54, 1.807) is 6.20 Å². The number of pyridine rings is 1. The van der Waals surface area contributed by atoms with Crippen molar-refractivity contribution in [2.24, 2.45) is 0 Å². The van der Waals surface area contributed by atoms with Gasteiger partial charge in [0.25, 0.3) is 0 Å². The molecular weight excluding hydrogens is 366 g/mol. The van der Waals surface area contributed by atoms with Crippen molar-refractivity contribution >= 4 is 33.3 Å². The van der Waals surface area contributed by atoms with Crippen LogP contribution in [-0.2, 0) is 11.2 Å². The van der Waals surface area contributed by atoms with Gasteiger partial charge in [-0.25, -0.2) is 4.98 Å². The summed E-state index contributed by atoms with van der Waals surface area (Å²) in [5.74, 6) is 0.922. The van der Waals surface area contributed by atoms with E-state index >= 15 is 0 Å². The average molecular weight is 390 g/mol. The lowest BCUT2D eigenvalue weighted by molar-refractivity contribution is -0.115. The zero-order valence-electron chi connectivity index (χ0n) is 14.3. The molecule has 1 heterocycles. The second-order valence-electron chi connectivity index (χ2n) is 5.75. The number of hydrogen-bond donors (Lipinski definition) is 1. The Balaban J connectivity index is 1.96. The van der Waals surface area contributed by atoms with Gasteiger partial charge in [0.05, 0.1) is 18.3 Å². The van der Waals surface area contributed by atoms with Gasteiger partial charge in [0.2, 0.25) is 5.91 Å². The number of nitrogens with zero attached hydrogens (tertiary/aromatic N) is 2. The number of benzene rings is 1. The average Bonchev–Trinajstić information content (AvgIpc) is 2.55. The highest BCUT2D eigenvalue weighted by Crippen LogP contribution is 2.16. The Morgan fingerprint density at radius 2 is 1.92 bits per heavy atom. The summed E-state index contributed by atoms with van der Waals surface area (Å²) in [5, 5.41) is 2.90. The number of hydrogen-bond acceptors (Lipinski definition) is 3. The van der Waals surface area contributed by atoms with Crippen LogP contribution >= 0.6 is 15.9 Å². The first kappa shape index (κ1) is 18.5. The Morgan fingerprint density at radius 3 is 2.50 bits per heavy atom. The highest BCUT2D eigenvalue weighted by atomic mass is 79.9. The van der Waals surface area contributed by atoms with Crippen LogP contribution in [0.3, 0.4) is 0 Å². The highest BCUT2D eigenvalue weighted by Gasteiger charge is 2.08. The Bertz CT molecular complexity index is 652. The maximum atomic E-state index is 12.2. The summed E-state index contributed by atoms with van der Waals surface area (Å²) >= 11 is 3.42. The minimum atomic E-state index is -0.0402. The summed E-state index contributed by atoms with van der Waals surface area (Å²) in [6, 6.07) is 11.7. The molecule has 0 aliphatic carbocycles. The molecule has 0 saturated heterocycles. The predicted octanol–water partition coefficient (Wildman–Crippen LogP) is 4.65. The Labute approximate surface area is 152 Å². The van der Waals surface area contributed by atoms with Gasteiger partial charge in [0, 0.05) is 17.6 Å². The Kier molecular flexibility index (Phi) is 7.25. The highest BCUT2D eigenvalue weighted by molar-refractivity contribution is 9.10. The first-order valence-corrected chi connectivity index (χ1v) is 9.17. The van der Waals surface area contributed by atoms with Gasteiger partial charge in [-0.2, -0.15) is 0 Å². The maximum Gasteiger partial charge on any atom is 0.228 e. The zero-order chi connectivity index (χ0) is 17.4. The van der Waals surface area contributed by atoms with Gasteiger partial charge in [0.15, 0.2) is 0 Å². The largest absolute Gasteiger partial charge is 0.357 e. The lowest BCUT2D eigenvalue weighted by atomic mass is 10.1. The van der Waals surface area contributed by atoms with Gasteiger partial charge in [-0.1, -0.05) is 41.9 Å². The quantitative estimate of drug-likeness (QED) is 0.714. The minimum absolute atomic E-state index is 0.0402. The third-order valence-corrected chi connectivity index (χ3v) is 4.09. The zero-order valence-corrected chi connectivity index (χ0v) is 15.8. The van der Waals surface area contributed by atoms with Crippen LogP contribution < -0.4 is 10.2 Å². The minimum Gasteiger partial charge on any atom is -0.357 e. The fourth-order valence-corrected chi connectivity index (χ4v) is 3.01. The van der Waals surface area contributed by atoms with Gasteiger partial charge in [-0.05, 0) is 42.7 Å². The first-order valence-electron chi connectivity index (χ1n) is 8.37. The van der Waals surface area contributed by atoms with Gasteiger partial charge >= 0.3 is 0 Å². The normalized spacial score (nSPS) is 10.5. The van der Waals surface area contributed by atoms with Gasteiger partial charge in [-0.3, -0.25) is 4.79 Å². The van der Waals surface area contributed by atoms with Gasteiger partial charge in [-0.15, -0.1) is 0 Å². The number of nitrogens with one attached hydrogen (secondary N) is 1. The summed E-state index contributed by atoms with van der Waals surface area (Å²) in [5.41, 5.74) is 1.70. The fraction of sp³-hybridized carbons (Fsp3) is 0.368. The number of carbonyl (C=O) groups excluding carboxylic acids is 1. The van der Waals surface area contributed by atoms with Crippen molar-refractivity contribution in [1.82, 2.24) is 4.98 Å². The fourth-order valence-electron chi connectivity index (χ4n) is 2.57. The standard InChI is InChI=1S/C19H24BrN3O/c1-3-10-23(11-4-2)18-9-8-17(14-21-18)22-19(24)13-15-6-5-7-16(20)12-15/h5-9,12,14H,3-4,10-11,13H2,1-2H3,(H,22,24). The monoisotopic (exact) mass is 389 g/mol. The third kappa shape index (κ3) is 5.64. The van der Waals surface area contributed by atoms with Gasteiger partial charge < -0.3 is 10.2 Å². The van der Waals surface area contributed by atoms with Crippen LogP contribution in [0, 0.1) is 0 Å². The summed E-state index contributed by atoms with van der Waals surface area (Å²) in [4.78, 5) is 18.9. The molecule has 0 saturated carbocycles. The molecule has 0 spiro atoms. The van der Waals surface area contributed by atoms with Crippen molar-refractivity contribution in [3.05, 3.63) is 52.6 Å². The van der Waals surface area contributed by atoms with E-state index in [0.29, 0.717) is 6.42 Å². The molecule has 1 aromatic carbocycles. The summed E-state index contributed by atoms with van der Waals surface area (Å²) in [6.45, 7) is 6.32. The summed E-state index contributed by atoms with van der Waals surface area (Å²) in [7, 11) is 0. The Morgan fingerprint density at radius 1 is 1.17 bits per heavy atom. The van der Waals surface area contributed by atoms with E-state index in [0.717, 1.165) is 47.5 Å². The maximum absolute atomic E-state index is 12.2. The van der Waals surface area contributed by atoms with E-state index in [1.807, 2.05) is 36.4 Å². The molecule has 4 nitrogen and oxygen atoms in total. The molecule has 0 bridgehead atoms. The molecule has 0 radical (unpaired) electrons. The molecule has 0 aliphatic rings. The third-order valence-electron chi connectivity index (χ3n) is 3.60. The van der Waals surface area contributed by atoms with E-state index in [4.69, 9.17) is 0 Å². The summed E-state index contributed by atoms with van der Waals surface area (Å²) in [6.07, 6.45) is 4.26. The van der Waals surface area contributed by atoms with E-state index in [1.165, 1.54) is 0 Å². The van der Waals surface area contributed by atoms with Crippen molar-refractivity contribution in [2.75, 3.05) is 23.3 Å². The first-order chi connectivity index (χ1) is 11.6. The van der Waals surface area contributed by atoms with Crippen LogP contribution in [0.5, 0.6) is 0 Å². The second-order valence-corrected chi connectivity index (χ2v) is 6.66. The van der Waals surface area contributed by atoms with Crippen LogP contribution in [0.15, 0.2) is 47.1 Å². The molecule has 2 aromatic rings. The lowest BCUT2D eigenvalue weighted by Gasteiger charge is -2.22. The van der Waals surface area contributed by atoms with Crippen molar-refractivity contribution in [3.8, 4) is 0 Å². The molecule has 0 atom stereocenters. The van der Waals surface area contributed by atoms with Crippen LogP contribution in [-0.4, -0.2) is 24.0 Å². The summed E-state index contributed by atoms with van der Waals surface area (Å²) < 4.78 is 0.978. The van der Waals surface area contributed by atoms with Crippen LogP contribution in [0.2, 0.25) is 0 Å². The molecule has 1 aromatic heterocycles. The van der Waals surface area contributed by atoms with E-state index in [-0.39, 0.29) is 5.91 Å². The van der Waals surface area contributed by atoms with Crippen LogP contribution in [0.1, 0.15) is 32.3 Å². The molecule has 1 amide bonds. The second kappa shape index (κ2) is 9.42. The van der Waals surface area contributed by atoms with Crippen molar-refractivity contribution in [2.45, 2.75) is 33.1 Å². The Hall–Kier alpha value is -1.88. The molecule has 2 rings (SSSR count). The topological polar surface area (TPSA) is 45.2 Å². The van der Waals surface area contributed by atoms with Crippen molar-refractivity contribution < 1.29 is 4.79 Å². The van der Waals surface area contributed by atoms with Gasteiger partial charge in [0.1, 0.15) is 5.82 Å². The molecule has 0 unspecified atom stereocenters. The molecule has 0 aliphatic heterocycles. The van der Waals surface area contributed by atoms with E-state index in [9.17, 15) is 4.79 Å². The number of carbonyl (C=O) groups is 1. The molecule has 5 heteroatoms. The molecule has 128 valence electrons. The van der Waals surface area contributed by atoms with Crippen LogP contribution in [0.4, 0.5) is 11.5 Å². The SMILES string of the molecule is CCCN(CCC)c1ccc(NC(=O)Cc2cccc(Br)c2)cn1. The lowest BCUT2D eigenvalue weighted by Crippen LogP contribution is -2.25. The molecule has 1 N–H and O–H groups in total. The number of halogens is 1. The number of amides is 1. The molecule has 24 heavy (non-hydrogen) atoms. The van der Waals surface area contributed by atoms with Crippen LogP contribution in [0.25, 0.3) is 0 Å². The number of aromatic nitrogens is 1. The predicted molar refractivity (Wildman–Crippen MR) is 104 cm³/mol. The van der Waals surface area contributed by atoms with Crippen molar-refractivity contribution in [3.63, 3.8) is 0 Å².